The molecule has 0 spiro atoms. The van der Waals surface area contributed by atoms with Crippen LogP contribution in [0.5, 0.6) is 0 Å². The van der Waals surface area contributed by atoms with Gasteiger partial charge in [0, 0.05) is 12.1 Å². The van der Waals surface area contributed by atoms with Gasteiger partial charge in [0.05, 0.1) is 4.88 Å². The maximum Gasteiger partial charge on any atom is 0.185 e. The molecule has 1 rings (SSSR count). The van der Waals surface area contributed by atoms with Gasteiger partial charge in [0.2, 0.25) is 0 Å². The molecule has 0 unspecified atom stereocenters. The molecule has 0 bridgehead atoms. The van der Waals surface area contributed by atoms with Crippen LogP contribution < -0.4 is 5.32 Å². The van der Waals surface area contributed by atoms with Gasteiger partial charge >= 0.3 is 0 Å². The van der Waals surface area contributed by atoms with Crippen molar-refractivity contribution in [1.29, 1.82) is 0 Å². The molecule has 90 valence electrons. The standard InChI is InChI=1S/C11H16Cl2N2S/c1-7(6-14-11(2,3)4)5-8-9(12)15-10(13)16-8/h5,14H,6H2,1-4H3. The molecule has 0 aliphatic rings. The zero-order valence-corrected chi connectivity index (χ0v) is 12.2. The zero-order chi connectivity index (χ0) is 12.3. The van der Waals surface area contributed by atoms with E-state index in [0.717, 1.165) is 11.4 Å². The molecule has 0 atom stereocenters. The molecule has 0 radical (unpaired) electrons. The zero-order valence-electron chi connectivity index (χ0n) is 9.90. The summed E-state index contributed by atoms with van der Waals surface area (Å²) in [6, 6.07) is 0. The van der Waals surface area contributed by atoms with Crippen LogP contribution in [0.1, 0.15) is 32.6 Å². The van der Waals surface area contributed by atoms with Gasteiger partial charge in [-0.05, 0) is 33.8 Å². The van der Waals surface area contributed by atoms with Gasteiger partial charge < -0.3 is 5.32 Å². The predicted molar refractivity (Wildman–Crippen MR) is 73.5 cm³/mol. The van der Waals surface area contributed by atoms with Crippen LogP contribution in [0.4, 0.5) is 0 Å². The van der Waals surface area contributed by atoms with Crippen molar-refractivity contribution in [2.45, 2.75) is 33.2 Å². The Hall–Kier alpha value is -0.0900. The molecule has 0 saturated carbocycles. The van der Waals surface area contributed by atoms with Gasteiger partial charge in [-0.25, -0.2) is 4.98 Å². The fraction of sp³-hybridized carbons (Fsp3) is 0.545. The lowest BCUT2D eigenvalue weighted by Crippen LogP contribution is -2.36. The second-order valence-corrected chi connectivity index (χ2v) is 6.69. The fourth-order valence-electron chi connectivity index (χ4n) is 1.06. The first-order valence-electron chi connectivity index (χ1n) is 5.02. The van der Waals surface area contributed by atoms with E-state index in [0.29, 0.717) is 9.62 Å². The van der Waals surface area contributed by atoms with Crippen LogP contribution in [0.3, 0.4) is 0 Å². The number of halogens is 2. The molecule has 5 heteroatoms. The van der Waals surface area contributed by atoms with Crippen LogP contribution in [-0.2, 0) is 0 Å². The second-order valence-electron chi connectivity index (χ2n) is 4.72. The van der Waals surface area contributed by atoms with E-state index >= 15 is 0 Å². The SMILES string of the molecule is CC(=Cc1sc(Cl)nc1Cl)CNC(C)(C)C. The number of aromatic nitrogens is 1. The van der Waals surface area contributed by atoms with Crippen LogP contribution in [0.25, 0.3) is 6.08 Å². The van der Waals surface area contributed by atoms with Crippen molar-refractivity contribution in [3.05, 3.63) is 20.1 Å². The minimum Gasteiger partial charge on any atom is -0.308 e. The highest BCUT2D eigenvalue weighted by atomic mass is 35.5. The Kier molecular flexibility index (Phi) is 4.80. The molecule has 1 heterocycles. The molecule has 0 amide bonds. The smallest absolute Gasteiger partial charge is 0.185 e. The normalized spacial score (nSPS) is 13.2. The molecule has 0 aromatic carbocycles. The molecule has 0 aliphatic heterocycles. The number of thiazole rings is 1. The predicted octanol–water partition coefficient (Wildman–Crippen LogP) is 4.24. The van der Waals surface area contributed by atoms with Crippen molar-refractivity contribution in [3.63, 3.8) is 0 Å². The van der Waals surface area contributed by atoms with E-state index in [4.69, 9.17) is 23.2 Å². The first-order chi connectivity index (χ1) is 7.28. The van der Waals surface area contributed by atoms with E-state index < -0.39 is 0 Å². The van der Waals surface area contributed by atoms with Gasteiger partial charge in [-0.3, -0.25) is 0 Å². The van der Waals surface area contributed by atoms with Crippen molar-refractivity contribution < 1.29 is 0 Å². The Morgan fingerprint density at radius 1 is 1.44 bits per heavy atom. The van der Waals surface area contributed by atoms with Gasteiger partial charge in [-0.15, -0.1) is 11.3 Å². The maximum atomic E-state index is 5.93. The summed E-state index contributed by atoms with van der Waals surface area (Å²) in [5.74, 6) is 0. The Bertz CT molecular complexity index is 391. The molecule has 2 nitrogen and oxygen atoms in total. The summed E-state index contributed by atoms with van der Waals surface area (Å²) < 4.78 is 0.479. The topological polar surface area (TPSA) is 24.9 Å². The number of nitrogens with one attached hydrogen (secondary N) is 1. The van der Waals surface area contributed by atoms with Gasteiger partial charge in [-0.1, -0.05) is 28.8 Å². The average Bonchev–Trinajstić information content (AvgIpc) is 2.41. The lowest BCUT2D eigenvalue weighted by Gasteiger charge is -2.20. The van der Waals surface area contributed by atoms with Crippen LogP contribution in [0, 0.1) is 0 Å². The summed E-state index contributed by atoms with van der Waals surface area (Å²) in [6.45, 7) is 9.29. The van der Waals surface area contributed by atoms with E-state index in [1.807, 2.05) is 6.08 Å². The fourth-order valence-corrected chi connectivity index (χ4v) is 2.45. The van der Waals surface area contributed by atoms with Crippen LogP contribution in [0.2, 0.25) is 9.62 Å². The summed E-state index contributed by atoms with van der Waals surface area (Å²) in [4.78, 5) is 4.87. The summed E-state index contributed by atoms with van der Waals surface area (Å²) in [7, 11) is 0. The second kappa shape index (κ2) is 5.50. The van der Waals surface area contributed by atoms with Crippen molar-refractivity contribution in [1.82, 2.24) is 10.3 Å². The molecule has 0 aliphatic carbocycles. The quantitative estimate of drug-likeness (QED) is 0.895. The highest BCUT2D eigenvalue weighted by molar-refractivity contribution is 7.17. The van der Waals surface area contributed by atoms with Crippen molar-refractivity contribution in [3.8, 4) is 0 Å². The minimum absolute atomic E-state index is 0.115. The summed E-state index contributed by atoms with van der Waals surface area (Å²) in [6.07, 6.45) is 2.02. The third kappa shape index (κ3) is 4.83. The first-order valence-corrected chi connectivity index (χ1v) is 6.59. The Balaban J connectivity index is 2.66. The molecular formula is C11H16Cl2N2S. The molecule has 16 heavy (non-hydrogen) atoms. The highest BCUT2D eigenvalue weighted by Crippen LogP contribution is 2.28. The number of nitrogens with zero attached hydrogens (tertiary/aromatic N) is 1. The minimum atomic E-state index is 0.115. The summed E-state index contributed by atoms with van der Waals surface area (Å²) >= 11 is 13.1. The third-order valence-corrected chi connectivity index (χ3v) is 3.37. The van der Waals surface area contributed by atoms with E-state index in [1.54, 1.807) is 0 Å². The molecule has 0 saturated heterocycles. The molecule has 1 aromatic heterocycles. The average molecular weight is 279 g/mol. The van der Waals surface area contributed by atoms with Crippen LogP contribution >= 0.6 is 34.5 Å². The molecule has 0 fully saturated rings. The number of rotatable bonds is 3. The van der Waals surface area contributed by atoms with Crippen LogP contribution in [0.15, 0.2) is 5.57 Å². The van der Waals surface area contributed by atoms with E-state index in [1.165, 1.54) is 16.9 Å². The highest BCUT2D eigenvalue weighted by Gasteiger charge is 2.09. The Morgan fingerprint density at radius 2 is 2.06 bits per heavy atom. The third-order valence-electron chi connectivity index (χ3n) is 1.86. The monoisotopic (exact) mass is 278 g/mol. The van der Waals surface area contributed by atoms with Crippen LogP contribution in [-0.4, -0.2) is 17.1 Å². The van der Waals surface area contributed by atoms with Crippen molar-refractivity contribution in [2.75, 3.05) is 6.54 Å². The van der Waals surface area contributed by atoms with E-state index in [9.17, 15) is 0 Å². The Morgan fingerprint density at radius 3 is 2.50 bits per heavy atom. The van der Waals surface area contributed by atoms with Gasteiger partial charge in [0.15, 0.2) is 4.47 Å². The van der Waals surface area contributed by atoms with E-state index in [-0.39, 0.29) is 5.54 Å². The Labute approximate surface area is 111 Å². The van der Waals surface area contributed by atoms with Gasteiger partial charge in [0.25, 0.3) is 0 Å². The number of hydrogen-bond donors (Lipinski definition) is 1. The summed E-state index contributed by atoms with van der Waals surface area (Å²) in [5, 5.41) is 3.88. The van der Waals surface area contributed by atoms with Gasteiger partial charge in [-0.2, -0.15) is 0 Å². The molecule has 1 N–H and O–H groups in total. The molecule has 1 aromatic rings. The maximum absolute atomic E-state index is 5.93. The molecular weight excluding hydrogens is 263 g/mol. The lowest BCUT2D eigenvalue weighted by molar-refractivity contribution is 0.445. The summed E-state index contributed by atoms with van der Waals surface area (Å²) in [5.41, 5.74) is 1.32. The van der Waals surface area contributed by atoms with Crippen molar-refractivity contribution in [2.24, 2.45) is 0 Å². The van der Waals surface area contributed by atoms with Gasteiger partial charge in [0.1, 0.15) is 5.15 Å². The lowest BCUT2D eigenvalue weighted by atomic mass is 10.1. The number of hydrogen-bond acceptors (Lipinski definition) is 3. The first kappa shape index (κ1) is 14.0. The van der Waals surface area contributed by atoms with E-state index in [2.05, 4.69) is 38.0 Å². The largest absolute Gasteiger partial charge is 0.308 e. The van der Waals surface area contributed by atoms with Crippen molar-refractivity contribution >= 4 is 40.6 Å².